The van der Waals surface area contributed by atoms with E-state index in [2.05, 4.69) is 11.1 Å². The van der Waals surface area contributed by atoms with E-state index in [1.54, 1.807) is 11.8 Å². The number of hydrogen-bond acceptors (Lipinski definition) is 5. The van der Waals surface area contributed by atoms with Gasteiger partial charge in [-0.3, -0.25) is 14.5 Å². The number of rotatable bonds is 5. The molecule has 0 bridgehead atoms. The van der Waals surface area contributed by atoms with E-state index in [0.29, 0.717) is 19.6 Å². The number of hydrogen-bond donors (Lipinski definition) is 2. The number of carbonyl (C=O) groups excluding carboxylic acids is 1. The van der Waals surface area contributed by atoms with Crippen molar-refractivity contribution in [3.8, 4) is 11.3 Å². The number of amides is 1. The van der Waals surface area contributed by atoms with Crippen LogP contribution >= 0.6 is 11.3 Å². The van der Waals surface area contributed by atoms with Gasteiger partial charge in [-0.2, -0.15) is 0 Å². The number of anilines is 1. The molecule has 0 atom stereocenters. The second kappa shape index (κ2) is 6.88. The second-order valence-electron chi connectivity index (χ2n) is 6.04. The average molecular weight is 347 g/mol. The molecule has 1 aromatic carbocycles. The van der Waals surface area contributed by atoms with E-state index in [0.717, 1.165) is 33.8 Å². The van der Waals surface area contributed by atoms with Crippen LogP contribution in [0.25, 0.3) is 11.3 Å². The van der Waals surface area contributed by atoms with Crippen molar-refractivity contribution < 1.29 is 9.90 Å². The first-order valence-corrected chi connectivity index (χ1v) is 8.74. The summed E-state index contributed by atoms with van der Waals surface area (Å²) >= 11 is 1.20. The molecule has 2 aromatic rings. The number of benzene rings is 1. The van der Waals surface area contributed by atoms with Gasteiger partial charge in [0.2, 0.25) is 5.91 Å². The minimum atomic E-state index is -0.0803. The van der Waals surface area contributed by atoms with Crippen molar-refractivity contribution in [3.05, 3.63) is 38.3 Å². The average Bonchev–Trinajstić information content (AvgIpc) is 3.10. The topological polar surface area (TPSA) is 76.6 Å². The van der Waals surface area contributed by atoms with Gasteiger partial charge >= 0.3 is 4.87 Å². The van der Waals surface area contributed by atoms with Gasteiger partial charge in [0, 0.05) is 37.1 Å². The van der Waals surface area contributed by atoms with E-state index in [1.807, 2.05) is 24.1 Å². The van der Waals surface area contributed by atoms with E-state index in [9.17, 15) is 9.59 Å². The lowest BCUT2D eigenvalue weighted by Gasteiger charge is -2.16. The molecular formula is C17H21N3O3S. The Balaban J connectivity index is 1.93. The summed E-state index contributed by atoms with van der Waals surface area (Å²) in [5, 5.41) is 9.04. The van der Waals surface area contributed by atoms with Crippen LogP contribution in [0.15, 0.2) is 23.0 Å². The van der Waals surface area contributed by atoms with Gasteiger partial charge in [0.05, 0.1) is 12.3 Å². The molecule has 1 aliphatic heterocycles. The lowest BCUT2D eigenvalue weighted by atomic mass is 10.1. The summed E-state index contributed by atoms with van der Waals surface area (Å²) in [6, 6.07) is 5.97. The van der Waals surface area contributed by atoms with Crippen LogP contribution in [0.2, 0.25) is 0 Å². The zero-order valence-electron chi connectivity index (χ0n) is 13.8. The standard InChI is InChI=1S/C17H21N3O3S/c1-11(22)20-6-5-12-9-13(3-4-14(12)20)16-15(24-17(23)18-16)10-19(2)7-8-21/h3-4,9,21H,5-8,10H2,1-2H3,(H,18,23). The first-order chi connectivity index (χ1) is 11.5. The Morgan fingerprint density at radius 2 is 2.25 bits per heavy atom. The fraction of sp³-hybridized carbons (Fsp3) is 0.412. The molecule has 2 N–H and O–H groups in total. The van der Waals surface area contributed by atoms with Crippen molar-refractivity contribution in [1.82, 2.24) is 9.88 Å². The molecule has 0 aliphatic carbocycles. The number of H-pyrrole nitrogens is 1. The summed E-state index contributed by atoms with van der Waals surface area (Å²) in [4.78, 5) is 31.1. The number of likely N-dealkylation sites (N-methyl/N-ethyl adjacent to an activating group) is 1. The third kappa shape index (κ3) is 3.28. The highest BCUT2D eigenvalue weighted by Crippen LogP contribution is 2.33. The molecule has 24 heavy (non-hydrogen) atoms. The fourth-order valence-electron chi connectivity index (χ4n) is 3.08. The van der Waals surface area contributed by atoms with Gasteiger partial charge in [-0.1, -0.05) is 17.4 Å². The van der Waals surface area contributed by atoms with Crippen LogP contribution in [0.5, 0.6) is 0 Å². The number of aromatic amines is 1. The monoisotopic (exact) mass is 347 g/mol. The summed E-state index contributed by atoms with van der Waals surface area (Å²) in [6.07, 6.45) is 0.830. The molecule has 128 valence electrons. The van der Waals surface area contributed by atoms with Crippen LogP contribution in [0.1, 0.15) is 17.4 Å². The van der Waals surface area contributed by atoms with Crippen molar-refractivity contribution in [1.29, 1.82) is 0 Å². The van der Waals surface area contributed by atoms with E-state index >= 15 is 0 Å². The van der Waals surface area contributed by atoms with Crippen LogP contribution in [0, 0.1) is 0 Å². The number of aromatic nitrogens is 1. The first-order valence-electron chi connectivity index (χ1n) is 7.92. The van der Waals surface area contributed by atoms with Gasteiger partial charge in [0.1, 0.15) is 0 Å². The van der Waals surface area contributed by atoms with Crippen LogP contribution in [0.4, 0.5) is 5.69 Å². The maximum Gasteiger partial charge on any atom is 0.305 e. The SMILES string of the molecule is CC(=O)N1CCc2cc(-c3[nH]c(=O)sc3CN(C)CCO)ccc21. The molecule has 0 unspecified atom stereocenters. The number of thiazole rings is 1. The second-order valence-corrected chi connectivity index (χ2v) is 7.11. The van der Waals surface area contributed by atoms with Crippen molar-refractivity contribution in [3.63, 3.8) is 0 Å². The molecule has 6 nitrogen and oxygen atoms in total. The van der Waals surface area contributed by atoms with Crippen molar-refractivity contribution in [2.45, 2.75) is 19.9 Å². The Morgan fingerprint density at radius 1 is 1.46 bits per heavy atom. The Morgan fingerprint density at radius 3 is 2.96 bits per heavy atom. The molecule has 1 aromatic heterocycles. The molecule has 0 spiro atoms. The van der Waals surface area contributed by atoms with Crippen molar-refractivity contribution in [2.24, 2.45) is 0 Å². The van der Waals surface area contributed by atoms with E-state index in [1.165, 1.54) is 11.3 Å². The van der Waals surface area contributed by atoms with E-state index in [4.69, 9.17) is 5.11 Å². The van der Waals surface area contributed by atoms with Gasteiger partial charge in [-0.05, 0) is 36.7 Å². The number of aliphatic hydroxyl groups excluding tert-OH is 1. The highest BCUT2D eigenvalue weighted by Gasteiger charge is 2.23. The fourth-order valence-corrected chi connectivity index (χ4v) is 4.02. The van der Waals surface area contributed by atoms with E-state index < -0.39 is 0 Å². The summed E-state index contributed by atoms with van der Waals surface area (Å²) < 4.78 is 0. The van der Waals surface area contributed by atoms with Gasteiger partial charge < -0.3 is 15.0 Å². The number of carbonyl (C=O) groups is 1. The number of nitrogens with one attached hydrogen (secondary N) is 1. The Kier molecular flexibility index (Phi) is 4.84. The molecule has 3 rings (SSSR count). The Labute approximate surface area is 144 Å². The van der Waals surface area contributed by atoms with Crippen LogP contribution in [-0.4, -0.2) is 47.6 Å². The van der Waals surface area contributed by atoms with Crippen LogP contribution < -0.4 is 9.77 Å². The van der Waals surface area contributed by atoms with Crippen LogP contribution in [0.3, 0.4) is 0 Å². The number of nitrogens with zero attached hydrogens (tertiary/aromatic N) is 2. The van der Waals surface area contributed by atoms with Gasteiger partial charge in [0.15, 0.2) is 0 Å². The highest BCUT2D eigenvalue weighted by atomic mass is 32.1. The predicted molar refractivity (Wildman–Crippen MR) is 95.5 cm³/mol. The minimum Gasteiger partial charge on any atom is -0.395 e. The molecule has 0 saturated heterocycles. The lowest BCUT2D eigenvalue weighted by molar-refractivity contribution is -0.116. The molecular weight excluding hydrogens is 326 g/mol. The molecule has 7 heteroatoms. The maximum absolute atomic E-state index is 11.8. The third-order valence-corrected chi connectivity index (χ3v) is 5.13. The van der Waals surface area contributed by atoms with Gasteiger partial charge in [-0.15, -0.1) is 0 Å². The van der Waals surface area contributed by atoms with Crippen molar-refractivity contribution in [2.75, 3.05) is 31.6 Å². The van der Waals surface area contributed by atoms with E-state index in [-0.39, 0.29) is 17.4 Å². The molecule has 0 fully saturated rings. The minimum absolute atomic E-state index is 0.0526. The molecule has 0 saturated carbocycles. The first kappa shape index (κ1) is 16.9. The number of fused-ring (bicyclic) bond motifs is 1. The lowest BCUT2D eigenvalue weighted by Crippen LogP contribution is -2.25. The largest absolute Gasteiger partial charge is 0.395 e. The molecule has 2 heterocycles. The van der Waals surface area contributed by atoms with Gasteiger partial charge in [0.25, 0.3) is 0 Å². The Hall–Kier alpha value is -1.96. The quantitative estimate of drug-likeness (QED) is 0.858. The number of aliphatic hydroxyl groups is 1. The smallest absolute Gasteiger partial charge is 0.305 e. The van der Waals surface area contributed by atoms with Gasteiger partial charge in [-0.25, -0.2) is 0 Å². The molecule has 0 radical (unpaired) electrons. The maximum atomic E-state index is 11.8. The summed E-state index contributed by atoms with van der Waals surface area (Å²) in [5.41, 5.74) is 3.89. The molecule has 1 aliphatic rings. The Bertz CT molecular complexity index is 812. The zero-order chi connectivity index (χ0) is 17.3. The summed E-state index contributed by atoms with van der Waals surface area (Å²) in [6.45, 7) is 3.54. The summed E-state index contributed by atoms with van der Waals surface area (Å²) in [7, 11) is 1.91. The predicted octanol–water partition coefficient (Wildman–Crippen LogP) is 1.44. The third-order valence-electron chi connectivity index (χ3n) is 4.26. The van der Waals surface area contributed by atoms with Crippen LogP contribution in [-0.2, 0) is 17.8 Å². The highest BCUT2D eigenvalue weighted by molar-refractivity contribution is 7.09. The normalized spacial score (nSPS) is 13.6. The molecule has 1 amide bonds. The zero-order valence-corrected chi connectivity index (χ0v) is 14.7. The van der Waals surface area contributed by atoms with Crippen molar-refractivity contribution >= 4 is 22.9 Å². The summed E-state index contributed by atoms with van der Waals surface area (Å²) in [5.74, 6) is 0.0526.